The van der Waals surface area contributed by atoms with E-state index in [1.165, 1.54) is 5.56 Å². The van der Waals surface area contributed by atoms with Crippen LogP contribution in [-0.4, -0.2) is 19.1 Å². The van der Waals surface area contributed by atoms with Crippen molar-refractivity contribution >= 4 is 28.6 Å². The first kappa shape index (κ1) is 15.3. The molecule has 0 radical (unpaired) electrons. The molecule has 2 aromatic rings. The Kier molecular flexibility index (Phi) is 5.02. The summed E-state index contributed by atoms with van der Waals surface area (Å²) in [5.74, 6) is 0. The number of thiazole rings is 1. The van der Waals surface area contributed by atoms with Crippen molar-refractivity contribution in [2.24, 2.45) is 0 Å². The minimum Gasteiger partial charge on any atom is -0.367 e. The summed E-state index contributed by atoms with van der Waals surface area (Å²) in [5, 5.41) is 7.19. The maximum atomic E-state index is 6.41. The first-order valence-corrected chi connectivity index (χ1v) is 7.86. The van der Waals surface area contributed by atoms with Gasteiger partial charge in [0.2, 0.25) is 0 Å². The predicted octanol–water partition coefficient (Wildman–Crippen LogP) is 4.02. The lowest BCUT2D eigenvalue weighted by Crippen LogP contribution is -2.18. The lowest BCUT2D eigenvalue weighted by molar-refractivity contribution is 0.652. The van der Waals surface area contributed by atoms with Crippen LogP contribution < -0.4 is 10.2 Å². The second kappa shape index (κ2) is 6.57. The number of hydrogen-bond donors (Lipinski definition) is 1. The smallest absolute Gasteiger partial charge is 0.0898 e. The molecule has 20 heavy (non-hydrogen) atoms. The fourth-order valence-electron chi connectivity index (χ4n) is 2.08. The minimum atomic E-state index is 0.299. The fraction of sp³-hybridized carbons (Fsp3) is 0.400. The van der Waals surface area contributed by atoms with Crippen molar-refractivity contribution in [2.45, 2.75) is 26.4 Å². The molecule has 1 aromatic carbocycles. The van der Waals surface area contributed by atoms with Crippen molar-refractivity contribution in [3.05, 3.63) is 44.9 Å². The third-order valence-corrected chi connectivity index (χ3v) is 4.51. The van der Waals surface area contributed by atoms with Gasteiger partial charge in [-0.25, -0.2) is 4.98 Å². The molecule has 0 saturated heterocycles. The highest BCUT2D eigenvalue weighted by molar-refractivity contribution is 7.09. The molecule has 1 N–H and O–H groups in total. The molecule has 0 fully saturated rings. The van der Waals surface area contributed by atoms with Gasteiger partial charge in [-0.1, -0.05) is 17.7 Å². The molecule has 0 aliphatic heterocycles. The van der Waals surface area contributed by atoms with Crippen molar-refractivity contribution in [1.29, 1.82) is 0 Å². The highest BCUT2D eigenvalue weighted by atomic mass is 35.5. The van der Waals surface area contributed by atoms with Crippen LogP contribution >= 0.6 is 22.9 Å². The van der Waals surface area contributed by atoms with Crippen molar-refractivity contribution in [3.63, 3.8) is 0 Å². The van der Waals surface area contributed by atoms with Crippen molar-refractivity contribution in [3.8, 4) is 0 Å². The second-order valence-electron chi connectivity index (χ2n) is 4.94. The van der Waals surface area contributed by atoms with Crippen LogP contribution in [0.2, 0.25) is 5.02 Å². The molecule has 1 heterocycles. The molecule has 0 aliphatic rings. The maximum absolute atomic E-state index is 6.41. The van der Waals surface area contributed by atoms with Gasteiger partial charge in [0.05, 0.1) is 28.0 Å². The van der Waals surface area contributed by atoms with E-state index in [1.807, 2.05) is 27.1 Å². The van der Waals surface area contributed by atoms with E-state index in [4.69, 9.17) is 11.6 Å². The van der Waals surface area contributed by atoms with Gasteiger partial charge in [0, 0.05) is 18.5 Å². The molecule has 0 amide bonds. The molecule has 108 valence electrons. The summed E-state index contributed by atoms with van der Waals surface area (Å²) < 4.78 is 0. The maximum Gasteiger partial charge on any atom is 0.0898 e. The number of nitrogens with zero attached hydrogens (tertiary/aromatic N) is 2. The second-order valence-corrected chi connectivity index (χ2v) is 6.40. The van der Waals surface area contributed by atoms with Gasteiger partial charge in [-0.2, -0.15) is 0 Å². The summed E-state index contributed by atoms with van der Waals surface area (Å²) in [7, 11) is 3.99. The highest BCUT2D eigenvalue weighted by Gasteiger charge is 2.11. The Labute approximate surface area is 129 Å². The van der Waals surface area contributed by atoms with Crippen LogP contribution in [0.1, 0.15) is 29.2 Å². The Morgan fingerprint density at radius 1 is 1.45 bits per heavy atom. The van der Waals surface area contributed by atoms with E-state index in [0.717, 1.165) is 28.0 Å². The number of aryl methyl sites for hydroxylation is 1. The molecule has 1 aromatic heterocycles. The number of rotatable bonds is 5. The van der Waals surface area contributed by atoms with Gasteiger partial charge in [0.1, 0.15) is 0 Å². The van der Waals surface area contributed by atoms with E-state index >= 15 is 0 Å². The van der Waals surface area contributed by atoms with Gasteiger partial charge in [-0.05, 0) is 38.6 Å². The van der Waals surface area contributed by atoms with E-state index in [1.54, 1.807) is 11.3 Å². The number of nitrogens with one attached hydrogen (secondary N) is 1. The molecule has 0 spiro atoms. The quantitative estimate of drug-likeness (QED) is 0.904. The third kappa shape index (κ3) is 3.51. The molecular formula is C15H20ClN3S. The van der Waals surface area contributed by atoms with E-state index in [9.17, 15) is 0 Å². The van der Waals surface area contributed by atoms with Crippen molar-refractivity contribution < 1.29 is 0 Å². The topological polar surface area (TPSA) is 28.2 Å². The van der Waals surface area contributed by atoms with E-state index in [2.05, 4.69) is 39.6 Å². The summed E-state index contributed by atoms with van der Waals surface area (Å²) in [6.07, 6.45) is 0. The van der Waals surface area contributed by atoms with Gasteiger partial charge in [0.15, 0.2) is 0 Å². The monoisotopic (exact) mass is 309 g/mol. The SMILES string of the molecule is CNC(C)c1ccc(N(C)Cc2csc(C)n2)c(Cl)c1. The van der Waals surface area contributed by atoms with Crippen LogP contribution in [0.5, 0.6) is 0 Å². The first-order chi connectivity index (χ1) is 9.51. The average molecular weight is 310 g/mol. The number of hydrogen-bond acceptors (Lipinski definition) is 4. The fourth-order valence-corrected chi connectivity index (χ4v) is 3.01. The van der Waals surface area contributed by atoms with Gasteiger partial charge in [-0.15, -0.1) is 11.3 Å². The molecule has 0 saturated carbocycles. The lowest BCUT2D eigenvalue weighted by atomic mass is 10.1. The highest BCUT2D eigenvalue weighted by Crippen LogP contribution is 2.29. The van der Waals surface area contributed by atoms with E-state index < -0.39 is 0 Å². The molecule has 0 bridgehead atoms. The zero-order valence-corrected chi connectivity index (χ0v) is 13.8. The van der Waals surface area contributed by atoms with Crippen molar-refractivity contribution in [2.75, 3.05) is 19.0 Å². The van der Waals surface area contributed by atoms with Crippen LogP contribution in [0.4, 0.5) is 5.69 Å². The van der Waals surface area contributed by atoms with Gasteiger partial charge >= 0.3 is 0 Å². The summed E-state index contributed by atoms with van der Waals surface area (Å²) in [6, 6.07) is 6.52. The molecule has 1 unspecified atom stereocenters. The summed E-state index contributed by atoms with van der Waals surface area (Å²) in [4.78, 5) is 6.62. The Balaban J connectivity index is 2.15. The summed E-state index contributed by atoms with van der Waals surface area (Å²) >= 11 is 8.09. The Morgan fingerprint density at radius 3 is 2.75 bits per heavy atom. The normalized spacial score (nSPS) is 12.4. The number of aromatic nitrogens is 1. The molecule has 1 atom stereocenters. The van der Waals surface area contributed by atoms with Crippen LogP contribution in [0.15, 0.2) is 23.6 Å². The standard InChI is InChI=1S/C15H20ClN3S/c1-10(17-3)12-5-6-15(14(16)7-12)19(4)8-13-9-20-11(2)18-13/h5-7,9-10,17H,8H2,1-4H3. The zero-order chi connectivity index (χ0) is 14.7. The summed E-state index contributed by atoms with van der Waals surface area (Å²) in [5.41, 5.74) is 3.31. The third-order valence-electron chi connectivity index (χ3n) is 3.38. The largest absolute Gasteiger partial charge is 0.367 e. The van der Waals surface area contributed by atoms with E-state index in [0.29, 0.717) is 6.04 Å². The first-order valence-electron chi connectivity index (χ1n) is 6.60. The number of anilines is 1. The molecule has 0 aliphatic carbocycles. The summed E-state index contributed by atoms with van der Waals surface area (Å²) in [6.45, 7) is 4.91. The molecule has 3 nitrogen and oxygen atoms in total. The Morgan fingerprint density at radius 2 is 2.20 bits per heavy atom. The predicted molar refractivity (Wildman–Crippen MR) is 87.9 cm³/mol. The van der Waals surface area contributed by atoms with Gasteiger partial charge < -0.3 is 10.2 Å². The average Bonchev–Trinajstić information content (AvgIpc) is 2.82. The van der Waals surface area contributed by atoms with Gasteiger partial charge in [0.25, 0.3) is 0 Å². The van der Waals surface area contributed by atoms with Crippen LogP contribution in [0, 0.1) is 6.92 Å². The van der Waals surface area contributed by atoms with Crippen LogP contribution in [0.3, 0.4) is 0 Å². The lowest BCUT2D eigenvalue weighted by Gasteiger charge is -2.21. The Bertz CT molecular complexity index is 582. The van der Waals surface area contributed by atoms with Crippen molar-refractivity contribution in [1.82, 2.24) is 10.3 Å². The molecule has 5 heteroatoms. The Hall–Kier alpha value is -1.10. The van der Waals surface area contributed by atoms with E-state index in [-0.39, 0.29) is 0 Å². The number of benzene rings is 1. The van der Waals surface area contributed by atoms with Gasteiger partial charge in [-0.3, -0.25) is 0 Å². The molecular weight excluding hydrogens is 290 g/mol. The minimum absolute atomic E-state index is 0.299. The number of halogens is 1. The zero-order valence-electron chi connectivity index (χ0n) is 12.3. The van der Waals surface area contributed by atoms with Crippen LogP contribution in [0.25, 0.3) is 0 Å². The van der Waals surface area contributed by atoms with Crippen LogP contribution in [-0.2, 0) is 6.54 Å². The molecule has 2 rings (SSSR count).